The molecule has 0 radical (unpaired) electrons. The normalized spacial score (nSPS) is 13.0. The Kier molecular flexibility index (Phi) is 4.16. The first-order chi connectivity index (χ1) is 9.08. The molecule has 1 atom stereocenters. The van der Waals surface area contributed by atoms with Crippen molar-refractivity contribution >= 4 is 17.0 Å². The summed E-state index contributed by atoms with van der Waals surface area (Å²) in [7, 11) is 0. The van der Waals surface area contributed by atoms with Crippen LogP contribution in [-0.4, -0.2) is 27.6 Å². The molecule has 5 nitrogen and oxygen atoms in total. The van der Waals surface area contributed by atoms with Crippen molar-refractivity contribution in [3.8, 4) is 0 Å². The number of aliphatic carboxylic acids is 1. The smallest absolute Gasteiger partial charge is 0.308 e. The number of carboxylic acids is 1. The number of fused-ring (bicyclic) bond motifs is 1. The predicted octanol–water partition coefficient (Wildman–Crippen LogP) is 2.01. The summed E-state index contributed by atoms with van der Waals surface area (Å²) in [5, 5.41) is 12.3. The number of nitrogens with one attached hydrogen (secondary N) is 2. The SMILES string of the molecule is CC(C)C(CNCc1ccc2nc[nH]c2c1)C(=O)O. The average molecular weight is 261 g/mol. The van der Waals surface area contributed by atoms with Crippen LogP contribution in [0.4, 0.5) is 0 Å². The van der Waals surface area contributed by atoms with Gasteiger partial charge in [0.05, 0.1) is 23.3 Å². The number of aromatic nitrogens is 2. The minimum absolute atomic E-state index is 0.125. The third-order valence-corrected chi connectivity index (χ3v) is 3.30. The van der Waals surface area contributed by atoms with Gasteiger partial charge in [0.15, 0.2) is 0 Å². The third kappa shape index (κ3) is 3.32. The van der Waals surface area contributed by atoms with E-state index in [2.05, 4.69) is 15.3 Å². The molecule has 2 aromatic rings. The summed E-state index contributed by atoms with van der Waals surface area (Å²) in [6.45, 7) is 4.99. The number of nitrogens with zero attached hydrogens (tertiary/aromatic N) is 1. The minimum Gasteiger partial charge on any atom is -0.481 e. The molecule has 5 heteroatoms. The van der Waals surface area contributed by atoms with Gasteiger partial charge in [-0.2, -0.15) is 0 Å². The summed E-state index contributed by atoms with van der Waals surface area (Å²) in [6, 6.07) is 5.99. The molecule has 0 bridgehead atoms. The molecular formula is C14H19N3O2. The molecule has 1 aromatic heterocycles. The van der Waals surface area contributed by atoms with Gasteiger partial charge in [0.1, 0.15) is 0 Å². The largest absolute Gasteiger partial charge is 0.481 e. The number of imidazole rings is 1. The second-order valence-electron chi connectivity index (χ2n) is 5.07. The lowest BCUT2D eigenvalue weighted by atomic mass is 9.96. The summed E-state index contributed by atoms with van der Waals surface area (Å²) in [5.74, 6) is -0.970. The van der Waals surface area contributed by atoms with Crippen LogP contribution in [0.15, 0.2) is 24.5 Å². The number of hydrogen-bond donors (Lipinski definition) is 3. The van der Waals surface area contributed by atoms with Gasteiger partial charge >= 0.3 is 5.97 Å². The van der Waals surface area contributed by atoms with E-state index in [1.165, 1.54) is 0 Å². The van der Waals surface area contributed by atoms with Gasteiger partial charge < -0.3 is 15.4 Å². The Labute approximate surface area is 112 Å². The Balaban J connectivity index is 1.93. The lowest BCUT2D eigenvalue weighted by molar-refractivity contribution is -0.143. The quantitative estimate of drug-likeness (QED) is 0.743. The Morgan fingerprint density at radius 1 is 1.47 bits per heavy atom. The Morgan fingerprint density at radius 3 is 2.95 bits per heavy atom. The Bertz CT molecular complexity index is 563. The van der Waals surface area contributed by atoms with E-state index in [0.29, 0.717) is 13.1 Å². The molecule has 0 aliphatic rings. The van der Waals surface area contributed by atoms with E-state index in [1.54, 1.807) is 6.33 Å². The molecule has 0 amide bonds. The van der Waals surface area contributed by atoms with Gasteiger partial charge in [-0.05, 0) is 23.6 Å². The number of carboxylic acid groups (broad SMARTS) is 1. The summed E-state index contributed by atoms with van der Waals surface area (Å²) in [5.41, 5.74) is 3.05. The number of aromatic amines is 1. The molecule has 102 valence electrons. The maximum Gasteiger partial charge on any atom is 0.308 e. The fourth-order valence-electron chi connectivity index (χ4n) is 2.07. The highest BCUT2D eigenvalue weighted by Gasteiger charge is 2.20. The molecule has 1 heterocycles. The highest BCUT2D eigenvalue weighted by Crippen LogP contribution is 2.13. The standard InChI is InChI=1S/C14H19N3O2/c1-9(2)11(14(18)19)7-15-6-10-3-4-12-13(5-10)17-8-16-12/h3-5,8-9,11,15H,6-7H2,1-2H3,(H,16,17)(H,18,19). The van der Waals surface area contributed by atoms with Gasteiger partial charge in [0.25, 0.3) is 0 Å². The van der Waals surface area contributed by atoms with Crippen LogP contribution in [0, 0.1) is 11.8 Å². The van der Waals surface area contributed by atoms with E-state index in [0.717, 1.165) is 16.6 Å². The lowest BCUT2D eigenvalue weighted by Crippen LogP contribution is -2.31. The summed E-state index contributed by atoms with van der Waals surface area (Å²) in [6.07, 6.45) is 1.67. The number of rotatable bonds is 6. The molecule has 19 heavy (non-hydrogen) atoms. The zero-order valence-electron chi connectivity index (χ0n) is 11.2. The van der Waals surface area contributed by atoms with E-state index in [-0.39, 0.29) is 11.8 Å². The first-order valence-corrected chi connectivity index (χ1v) is 6.43. The minimum atomic E-state index is -0.744. The van der Waals surface area contributed by atoms with Crippen molar-refractivity contribution in [2.45, 2.75) is 20.4 Å². The molecule has 1 aromatic carbocycles. The fourth-order valence-corrected chi connectivity index (χ4v) is 2.07. The van der Waals surface area contributed by atoms with Gasteiger partial charge in [-0.3, -0.25) is 4.79 Å². The topological polar surface area (TPSA) is 78.0 Å². The second-order valence-corrected chi connectivity index (χ2v) is 5.07. The van der Waals surface area contributed by atoms with Crippen molar-refractivity contribution in [1.82, 2.24) is 15.3 Å². The zero-order chi connectivity index (χ0) is 13.8. The Hall–Kier alpha value is -1.88. The molecule has 0 saturated heterocycles. The summed E-state index contributed by atoms with van der Waals surface area (Å²) >= 11 is 0. The second kappa shape index (κ2) is 5.84. The first-order valence-electron chi connectivity index (χ1n) is 6.43. The van der Waals surface area contributed by atoms with Crippen LogP contribution in [0.1, 0.15) is 19.4 Å². The third-order valence-electron chi connectivity index (χ3n) is 3.30. The van der Waals surface area contributed by atoms with Gasteiger partial charge in [0.2, 0.25) is 0 Å². The molecule has 0 aliphatic heterocycles. The predicted molar refractivity (Wildman–Crippen MR) is 73.8 cm³/mol. The molecule has 0 fully saturated rings. The van der Waals surface area contributed by atoms with Crippen LogP contribution in [0.25, 0.3) is 11.0 Å². The van der Waals surface area contributed by atoms with Crippen molar-refractivity contribution in [3.63, 3.8) is 0 Å². The number of carbonyl (C=O) groups is 1. The highest BCUT2D eigenvalue weighted by molar-refractivity contribution is 5.75. The summed E-state index contributed by atoms with van der Waals surface area (Å²) < 4.78 is 0. The summed E-state index contributed by atoms with van der Waals surface area (Å²) in [4.78, 5) is 18.3. The van der Waals surface area contributed by atoms with Crippen molar-refractivity contribution in [2.24, 2.45) is 11.8 Å². The van der Waals surface area contributed by atoms with Gasteiger partial charge in [0, 0.05) is 13.1 Å². The lowest BCUT2D eigenvalue weighted by Gasteiger charge is -2.16. The fraction of sp³-hybridized carbons (Fsp3) is 0.429. The van der Waals surface area contributed by atoms with Crippen molar-refractivity contribution in [3.05, 3.63) is 30.1 Å². The van der Waals surface area contributed by atoms with Gasteiger partial charge in [-0.1, -0.05) is 19.9 Å². The van der Waals surface area contributed by atoms with E-state index >= 15 is 0 Å². The number of benzene rings is 1. The molecule has 2 rings (SSSR count). The van der Waals surface area contributed by atoms with E-state index in [4.69, 9.17) is 5.11 Å². The van der Waals surface area contributed by atoms with Crippen molar-refractivity contribution in [1.29, 1.82) is 0 Å². The maximum absolute atomic E-state index is 11.1. The molecule has 0 aliphatic carbocycles. The molecule has 0 spiro atoms. The van der Waals surface area contributed by atoms with Crippen LogP contribution in [0.3, 0.4) is 0 Å². The van der Waals surface area contributed by atoms with E-state index < -0.39 is 5.97 Å². The number of H-pyrrole nitrogens is 1. The van der Waals surface area contributed by atoms with Crippen LogP contribution >= 0.6 is 0 Å². The van der Waals surface area contributed by atoms with Crippen molar-refractivity contribution in [2.75, 3.05) is 6.54 Å². The highest BCUT2D eigenvalue weighted by atomic mass is 16.4. The van der Waals surface area contributed by atoms with Gasteiger partial charge in [-0.25, -0.2) is 4.98 Å². The van der Waals surface area contributed by atoms with Gasteiger partial charge in [-0.15, -0.1) is 0 Å². The molecule has 1 unspecified atom stereocenters. The van der Waals surface area contributed by atoms with Crippen LogP contribution in [0.2, 0.25) is 0 Å². The monoisotopic (exact) mass is 261 g/mol. The van der Waals surface area contributed by atoms with Crippen molar-refractivity contribution < 1.29 is 9.90 Å². The van der Waals surface area contributed by atoms with E-state index in [9.17, 15) is 4.79 Å². The van der Waals surface area contributed by atoms with Crippen LogP contribution in [0.5, 0.6) is 0 Å². The average Bonchev–Trinajstić information content (AvgIpc) is 2.80. The van der Waals surface area contributed by atoms with Crippen LogP contribution < -0.4 is 5.32 Å². The molecular weight excluding hydrogens is 242 g/mol. The number of hydrogen-bond acceptors (Lipinski definition) is 3. The Morgan fingerprint density at radius 2 is 2.26 bits per heavy atom. The first kappa shape index (κ1) is 13.5. The molecule has 0 saturated carbocycles. The zero-order valence-corrected chi connectivity index (χ0v) is 11.2. The van der Waals surface area contributed by atoms with E-state index in [1.807, 2.05) is 32.0 Å². The van der Waals surface area contributed by atoms with Crippen LogP contribution in [-0.2, 0) is 11.3 Å². The maximum atomic E-state index is 11.1. The molecule has 3 N–H and O–H groups in total.